The minimum atomic E-state index is 1.04. The topological polar surface area (TPSA) is 22.8 Å². The number of aromatic nitrogens is 3. The number of hydrogen-bond donors (Lipinski definition) is 0. The SMILES string of the molecule is Cc1cccc(-c2ccccc2-n2c3ccccc3c3cc(-n4c5ccccc5c5ccccc54)ccc32)c1-c1nccc2c1sc1ccccc12. The monoisotopic (exact) mass is 681 g/mol. The van der Waals surface area contributed by atoms with Crippen LogP contribution in [0.2, 0.25) is 0 Å². The maximum atomic E-state index is 5.09. The zero-order chi connectivity index (χ0) is 34.3. The van der Waals surface area contributed by atoms with E-state index in [0.717, 1.165) is 17.1 Å². The number of para-hydroxylation sites is 4. The Labute approximate surface area is 304 Å². The van der Waals surface area contributed by atoms with E-state index >= 15 is 0 Å². The average molecular weight is 682 g/mol. The van der Waals surface area contributed by atoms with Gasteiger partial charge in [0.15, 0.2) is 0 Å². The highest BCUT2D eigenvalue weighted by Crippen LogP contribution is 2.45. The van der Waals surface area contributed by atoms with E-state index < -0.39 is 0 Å². The molecule has 0 unspecified atom stereocenters. The Morgan fingerprint density at radius 3 is 1.83 bits per heavy atom. The molecule has 0 fully saturated rings. The normalized spacial score (nSPS) is 11.9. The van der Waals surface area contributed by atoms with Gasteiger partial charge in [0.25, 0.3) is 0 Å². The van der Waals surface area contributed by atoms with Crippen LogP contribution in [-0.2, 0) is 0 Å². The molecule has 0 aliphatic carbocycles. The average Bonchev–Trinajstić information content (AvgIpc) is 3.86. The summed E-state index contributed by atoms with van der Waals surface area (Å²) >= 11 is 1.83. The number of pyridine rings is 1. The van der Waals surface area contributed by atoms with Crippen molar-refractivity contribution in [3.63, 3.8) is 0 Å². The van der Waals surface area contributed by atoms with Gasteiger partial charge in [-0.25, -0.2) is 0 Å². The minimum absolute atomic E-state index is 1.04. The lowest BCUT2D eigenvalue weighted by Gasteiger charge is -2.18. The van der Waals surface area contributed by atoms with Gasteiger partial charge in [-0.1, -0.05) is 109 Å². The van der Waals surface area contributed by atoms with Gasteiger partial charge in [0.1, 0.15) is 0 Å². The van der Waals surface area contributed by atoms with Gasteiger partial charge >= 0.3 is 0 Å². The van der Waals surface area contributed by atoms with E-state index in [0.29, 0.717) is 0 Å². The lowest BCUT2D eigenvalue weighted by molar-refractivity contribution is 1.17. The van der Waals surface area contributed by atoms with E-state index in [2.05, 4.69) is 180 Å². The second-order valence-electron chi connectivity index (χ2n) is 13.6. The molecule has 0 amide bonds. The van der Waals surface area contributed by atoms with E-state index in [1.807, 2.05) is 17.5 Å². The van der Waals surface area contributed by atoms with Crippen LogP contribution in [0.4, 0.5) is 0 Å². The van der Waals surface area contributed by atoms with E-state index in [-0.39, 0.29) is 0 Å². The van der Waals surface area contributed by atoms with Crippen LogP contribution in [0.25, 0.3) is 97.5 Å². The number of nitrogens with zero attached hydrogens (tertiary/aromatic N) is 3. The second kappa shape index (κ2) is 11.3. The maximum absolute atomic E-state index is 5.09. The van der Waals surface area contributed by atoms with Crippen molar-refractivity contribution in [3.05, 3.63) is 176 Å². The quantitative estimate of drug-likeness (QED) is 0.181. The molecule has 0 aliphatic heterocycles. The van der Waals surface area contributed by atoms with Gasteiger partial charge < -0.3 is 9.13 Å². The molecule has 3 nitrogen and oxygen atoms in total. The first-order valence-electron chi connectivity index (χ1n) is 17.7. The van der Waals surface area contributed by atoms with E-state index in [1.165, 1.54) is 86.0 Å². The Balaban J connectivity index is 1.16. The summed E-state index contributed by atoms with van der Waals surface area (Å²) in [4.78, 5) is 5.09. The van der Waals surface area contributed by atoms with Crippen LogP contribution < -0.4 is 0 Å². The Morgan fingerprint density at radius 1 is 0.462 bits per heavy atom. The first-order chi connectivity index (χ1) is 25.7. The van der Waals surface area contributed by atoms with Crippen LogP contribution >= 0.6 is 11.3 Å². The highest BCUT2D eigenvalue weighted by Gasteiger charge is 2.22. The lowest BCUT2D eigenvalue weighted by atomic mass is 9.92. The van der Waals surface area contributed by atoms with Crippen molar-refractivity contribution in [2.75, 3.05) is 0 Å². The van der Waals surface area contributed by atoms with Crippen molar-refractivity contribution >= 4 is 75.1 Å². The van der Waals surface area contributed by atoms with Gasteiger partial charge in [0.2, 0.25) is 0 Å². The van der Waals surface area contributed by atoms with Crippen LogP contribution in [-0.4, -0.2) is 14.1 Å². The standard InChI is InChI=1S/C48H31N3S/c1-30-13-12-19-37(46(30)47-48-38(27-28-49-47)36-18-6-11-24-45(36)52-48)34-16-4-9-22-42(34)51-43-23-10-5-17-35(43)39-29-31(25-26-44(39)51)50-40-20-7-2-14-32(40)33-15-3-8-21-41(33)50/h2-29H,1H3. The van der Waals surface area contributed by atoms with Crippen molar-refractivity contribution in [1.82, 2.24) is 14.1 Å². The number of hydrogen-bond acceptors (Lipinski definition) is 2. The molecule has 0 atom stereocenters. The van der Waals surface area contributed by atoms with Gasteiger partial charge in [0, 0.05) is 60.0 Å². The van der Waals surface area contributed by atoms with Crippen molar-refractivity contribution in [1.29, 1.82) is 0 Å². The van der Waals surface area contributed by atoms with Crippen LogP contribution in [0, 0.1) is 6.92 Å². The third-order valence-electron chi connectivity index (χ3n) is 10.7. The lowest BCUT2D eigenvalue weighted by Crippen LogP contribution is -1.99. The zero-order valence-corrected chi connectivity index (χ0v) is 29.2. The first kappa shape index (κ1) is 29.3. The van der Waals surface area contributed by atoms with Gasteiger partial charge in [-0.05, 0) is 72.6 Å². The second-order valence-corrected chi connectivity index (χ2v) is 14.6. The minimum Gasteiger partial charge on any atom is -0.309 e. The summed E-state index contributed by atoms with van der Waals surface area (Å²) in [5, 5.41) is 7.54. The molecule has 11 rings (SSSR count). The highest BCUT2D eigenvalue weighted by atomic mass is 32.1. The number of thiophene rings is 1. The summed E-state index contributed by atoms with van der Waals surface area (Å²) in [6, 6.07) is 59.6. The van der Waals surface area contributed by atoms with E-state index in [1.54, 1.807) is 0 Å². The third-order valence-corrected chi connectivity index (χ3v) is 11.9. The smallest absolute Gasteiger partial charge is 0.0889 e. The Morgan fingerprint density at radius 2 is 1.06 bits per heavy atom. The predicted octanol–water partition coefficient (Wildman–Crippen LogP) is 13.3. The zero-order valence-electron chi connectivity index (χ0n) is 28.4. The Hall–Kier alpha value is -6.49. The molecule has 0 saturated heterocycles. The van der Waals surface area contributed by atoms with Crippen molar-refractivity contribution in [2.24, 2.45) is 0 Å². The van der Waals surface area contributed by atoms with Crippen molar-refractivity contribution in [2.45, 2.75) is 6.92 Å². The largest absolute Gasteiger partial charge is 0.309 e. The fraction of sp³-hybridized carbons (Fsp3) is 0.0208. The summed E-state index contributed by atoms with van der Waals surface area (Å²) in [7, 11) is 0. The molecule has 4 aromatic heterocycles. The van der Waals surface area contributed by atoms with Gasteiger partial charge in [-0.3, -0.25) is 4.98 Å². The fourth-order valence-corrected chi connectivity index (χ4v) is 9.69. The number of fused-ring (bicyclic) bond motifs is 9. The predicted molar refractivity (Wildman–Crippen MR) is 221 cm³/mol. The van der Waals surface area contributed by atoms with Gasteiger partial charge in [0.05, 0.1) is 38.1 Å². The van der Waals surface area contributed by atoms with Gasteiger partial charge in [-0.2, -0.15) is 0 Å². The van der Waals surface area contributed by atoms with Crippen LogP contribution in [0.1, 0.15) is 5.56 Å². The molecule has 0 aliphatic rings. The molecule has 0 bridgehead atoms. The molecule has 4 heterocycles. The molecule has 11 aromatic rings. The molecule has 0 N–H and O–H groups in total. The molecule has 0 spiro atoms. The maximum Gasteiger partial charge on any atom is 0.0889 e. The Kier molecular flexibility index (Phi) is 6.34. The third kappa shape index (κ3) is 4.16. The van der Waals surface area contributed by atoms with Crippen LogP contribution in [0.15, 0.2) is 170 Å². The number of rotatable bonds is 4. The summed E-state index contributed by atoms with van der Waals surface area (Å²) in [5.41, 5.74) is 12.9. The molecule has 0 radical (unpaired) electrons. The molecule has 52 heavy (non-hydrogen) atoms. The molecule has 7 aromatic carbocycles. The van der Waals surface area contributed by atoms with E-state index in [4.69, 9.17) is 4.98 Å². The molecule has 4 heteroatoms. The fourth-order valence-electron chi connectivity index (χ4n) is 8.49. The molecular formula is C48H31N3S. The first-order valence-corrected chi connectivity index (χ1v) is 18.5. The summed E-state index contributed by atoms with van der Waals surface area (Å²) in [6.45, 7) is 2.21. The number of benzene rings is 7. The molecule has 0 saturated carbocycles. The van der Waals surface area contributed by atoms with Crippen molar-refractivity contribution < 1.29 is 0 Å². The molecular weight excluding hydrogens is 651 g/mol. The van der Waals surface area contributed by atoms with Crippen LogP contribution in [0.5, 0.6) is 0 Å². The Bertz CT molecular complexity index is 3160. The van der Waals surface area contributed by atoms with Crippen LogP contribution in [0.3, 0.4) is 0 Å². The van der Waals surface area contributed by atoms with E-state index in [9.17, 15) is 0 Å². The highest BCUT2D eigenvalue weighted by molar-refractivity contribution is 7.26. The number of aryl methyl sites for hydroxylation is 1. The van der Waals surface area contributed by atoms with Gasteiger partial charge in [-0.15, -0.1) is 11.3 Å². The summed E-state index contributed by atoms with van der Waals surface area (Å²) < 4.78 is 7.37. The van der Waals surface area contributed by atoms with Crippen molar-refractivity contribution in [3.8, 4) is 33.8 Å². The summed E-state index contributed by atoms with van der Waals surface area (Å²) in [5.74, 6) is 0. The summed E-state index contributed by atoms with van der Waals surface area (Å²) in [6.07, 6.45) is 1.97. The molecule has 244 valence electrons.